The molecule has 0 amide bonds. The number of nitrogens with one attached hydrogen (secondary N) is 1. The molecule has 0 aliphatic rings. The number of imidazole rings is 1. The lowest BCUT2D eigenvalue weighted by atomic mass is 10.5. The van der Waals surface area contributed by atoms with Gasteiger partial charge in [-0.25, -0.2) is 13.4 Å². The van der Waals surface area contributed by atoms with E-state index >= 15 is 0 Å². The molecular formula is C13H20N4O3S. The van der Waals surface area contributed by atoms with E-state index in [1.807, 2.05) is 6.07 Å². The maximum absolute atomic E-state index is 12.8. The van der Waals surface area contributed by atoms with Crippen LogP contribution in [0.1, 0.15) is 6.42 Å². The van der Waals surface area contributed by atoms with Crippen LogP contribution in [0.25, 0.3) is 5.65 Å². The third kappa shape index (κ3) is 3.02. The van der Waals surface area contributed by atoms with Crippen LogP contribution in [-0.4, -0.2) is 56.5 Å². The van der Waals surface area contributed by atoms with Crippen LogP contribution in [0.2, 0.25) is 0 Å². The Morgan fingerprint density at radius 1 is 1.43 bits per heavy atom. The van der Waals surface area contributed by atoms with Gasteiger partial charge in [-0.15, -0.1) is 0 Å². The highest BCUT2D eigenvalue weighted by molar-refractivity contribution is 7.89. The molecule has 0 bridgehead atoms. The van der Waals surface area contributed by atoms with E-state index in [1.54, 1.807) is 43.9 Å². The molecule has 8 heteroatoms. The molecule has 7 nitrogen and oxygen atoms in total. The quantitative estimate of drug-likeness (QED) is 0.773. The number of ether oxygens (including phenoxy) is 1. The molecule has 0 aliphatic heterocycles. The van der Waals surface area contributed by atoms with Crippen molar-refractivity contribution in [3.8, 4) is 0 Å². The fourth-order valence-corrected chi connectivity index (χ4v) is 3.54. The van der Waals surface area contributed by atoms with Crippen LogP contribution < -0.4 is 5.32 Å². The third-order valence-corrected chi connectivity index (χ3v) is 5.08. The van der Waals surface area contributed by atoms with Gasteiger partial charge in [0.2, 0.25) is 0 Å². The molecule has 1 N–H and O–H groups in total. The second-order valence-electron chi connectivity index (χ2n) is 4.62. The maximum atomic E-state index is 12.8. The SMILES string of the molecule is CNc1nc2ccccn2c1S(=O)(=O)N(C)CCCOC. The number of rotatable bonds is 7. The summed E-state index contributed by atoms with van der Waals surface area (Å²) in [7, 11) is 1.19. The molecule has 2 rings (SSSR count). The molecule has 0 atom stereocenters. The lowest BCUT2D eigenvalue weighted by Gasteiger charge is -2.17. The minimum Gasteiger partial charge on any atom is -0.385 e. The summed E-state index contributed by atoms with van der Waals surface area (Å²) in [6.45, 7) is 0.908. The van der Waals surface area contributed by atoms with Crippen LogP contribution >= 0.6 is 0 Å². The largest absolute Gasteiger partial charge is 0.385 e. The first-order valence-corrected chi connectivity index (χ1v) is 8.06. The Morgan fingerprint density at radius 2 is 2.19 bits per heavy atom. The van der Waals surface area contributed by atoms with Crippen molar-refractivity contribution in [2.45, 2.75) is 11.4 Å². The molecule has 0 saturated carbocycles. The zero-order chi connectivity index (χ0) is 15.5. The number of anilines is 1. The average molecular weight is 312 g/mol. The lowest BCUT2D eigenvalue weighted by Crippen LogP contribution is -2.30. The molecule has 2 aromatic heterocycles. The highest BCUT2D eigenvalue weighted by Gasteiger charge is 2.28. The van der Waals surface area contributed by atoms with E-state index in [1.165, 1.54) is 4.31 Å². The predicted octanol–water partition coefficient (Wildman–Crippen LogP) is 1.03. The number of hydrogen-bond donors (Lipinski definition) is 1. The number of pyridine rings is 1. The van der Waals surface area contributed by atoms with Crippen LogP contribution in [-0.2, 0) is 14.8 Å². The summed E-state index contributed by atoms with van der Waals surface area (Å²) in [5.41, 5.74) is 0.589. The van der Waals surface area contributed by atoms with Crippen molar-refractivity contribution in [3.05, 3.63) is 24.4 Å². The molecule has 116 valence electrons. The van der Waals surface area contributed by atoms with Crippen molar-refractivity contribution in [2.24, 2.45) is 0 Å². The number of aromatic nitrogens is 2. The second-order valence-corrected chi connectivity index (χ2v) is 6.58. The van der Waals surface area contributed by atoms with E-state index < -0.39 is 10.0 Å². The van der Waals surface area contributed by atoms with Gasteiger partial charge < -0.3 is 10.1 Å². The standard InChI is InChI=1S/C13H20N4O3S/c1-14-12-13(17-9-5-4-7-11(17)15-12)21(18,19)16(2)8-6-10-20-3/h4-5,7,9,14H,6,8,10H2,1-3H3. The van der Waals surface area contributed by atoms with Crippen LogP contribution in [0, 0.1) is 0 Å². The second kappa shape index (κ2) is 6.42. The molecule has 0 saturated heterocycles. The summed E-state index contributed by atoms with van der Waals surface area (Å²) in [6, 6.07) is 5.36. The Kier molecular flexibility index (Phi) is 4.81. The van der Waals surface area contributed by atoms with Gasteiger partial charge in [-0.05, 0) is 18.6 Å². The van der Waals surface area contributed by atoms with Crippen molar-refractivity contribution in [3.63, 3.8) is 0 Å². The number of methoxy groups -OCH3 is 1. The topological polar surface area (TPSA) is 75.9 Å². The summed E-state index contributed by atoms with van der Waals surface area (Å²) in [5.74, 6) is 0.347. The van der Waals surface area contributed by atoms with E-state index in [0.717, 1.165) is 0 Å². The normalized spacial score (nSPS) is 12.2. The van der Waals surface area contributed by atoms with E-state index in [0.29, 0.717) is 31.0 Å². The third-order valence-electron chi connectivity index (χ3n) is 3.20. The Hall–Kier alpha value is -1.64. The number of sulfonamides is 1. The molecule has 0 radical (unpaired) electrons. The summed E-state index contributed by atoms with van der Waals surface area (Å²) in [4.78, 5) is 4.30. The molecule has 2 heterocycles. The maximum Gasteiger partial charge on any atom is 0.262 e. The van der Waals surface area contributed by atoms with Crippen molar-refractivity contribution in [1.82, 2.24) is 13.7 Å². The molecule has 0 aliphatic carbocycles. The van der Waals surface area contributed by atoms with Gasteiger partial charge in [0.25, 0.3) is 10.0 Å². The number of fused-ring (bicyclic) bond motifs is 1. The van der Waals surface area contributed by atoms with E-state index in [2.05, 4.69) is 10.3 Å². The van der Waals surface area contributed by atoms with Crippen molar-refractivity contribution < 1.29 is 13.2 Å². The predicted molar refractivity (Wildman–Crippen MR) is 81.0 cm³/mol. The molecule has 0 fully saturated rings. The lowest BCUT2D eigenvalue weighted by molar-refractivity contribution is 0.189. The Balaban J connectivity index is 2.43. The van der Waals surface area contributed by atoms with Crippen molar-refractivity contribution in [2.75, 3.05) is 39.7 Å². The van der Waals surface area contributed by atoms with Crippen LogP contribution in [0.5, 0.6) is 0 Å². The Bertz CT molecular complexity index is 711. The van der Waals surface area contributed by atoms with E-state index in [-0.39, 0.29) is 5.03 Å². The fraction of sp³-hybridized carbons (Fsp3) is 0.462. The summed E-state index contributed by atoms with van der Waals surface area (Å²) in [6.07, 6.45) is 2.33. The average Bonchev–Trinajstić information content (AvgIpc) is 2.86. The van der Waals surface area contributed by atoms with Crippen molar-refractivity contribution >= 4 is 21.5 Å². The zero-order valence-corrected chi connectivity index (χ0v) is 13.2. The Morgan fingerprint density at radius 3 is 2.86 bits per heavy atom. The smallest absolute Gasteiger partial charge is 0.262 e. The van der Waals surface area contributed by atoms with Gasteiger partial charge in [-0.1, -0.05) is 6.07 Å². The van der Waals surface area contributed by atoms with Crippen molar-refractivity contribution in [1.29, 1.82) is 0 Å². The molecule has 0 unspecified atom stereocenters. The highest BCUT2D eigenvalue weighted by atomic mass is 32.2. The van der Waals surface area contributed by atoms with Crippen LogP contribution in [0.15, 0.2) is 29.4 Å². The minimum atomic E-state index is -3.63. The first kappa shape index (κ1) is 15.7. The number of hydrogen-bond acceptors (Lipinski definition) is 5. The van der Waals surface area contributed by atoms with Gasteiger partial charge in [0, 0.05) is 40.6 Å². The molecule has 2 aromatic rings. The first-order chi connectivity index (χ1) is 10.0. The van der Waals surface area contributed by atoms with Gasteiger partial charge in [0.1, 0.15) is 5.65 Å². The summed E-state index contributed by atoms with van der Waals surface area (Å²) in [5, 5.41) is 3.00. The van der Waals surface area contributed by atoms with Gasteiger partial charge in [-0.2, -0.15) is 4.31 Å². The molecule has 0 aromatic carbocycles. The highest BCUT2D eigenvalue weighted by Crippen LogP contribution is 2.25. The van der Waals surface area contributed by atoms with Gasteiger partial charge >= 0.3 is 0 Å². The van der Waals surface area contributed by atoms with Gasteiger partial charge in [-0.3, -0.25) is 4.40 Å². The molecule has 0 spiro atoms. The first-order valence-electron chi connectivity index (χ1n) is 6.62. The summed E-state index contributed by atoms with van der Waals surface area (Å²) < 4.78 is 33.4. The zero-order valence-electron chi connectivity index (χ0n) is 12.4. The minimum absolute atomic E-state index is 0.153. The van der Waals surface area contributed by atoms with E-state index in [4.69, 9.17) is 4.74 Å². The van der Waals surface area contributed by atoms with Crippen LogP contribution in [0.3, 0.4) is 0 Å². The van der Waals surface area contributed by atoms with Crippen LogP contribution in [0.4, 0.5) is 5.82 Å². The van der Waals surface area contributed by atoms with Gasteiger partial charge in [0.05, 0.1) is 0 Å². The molecule has 21 heavy (non-hydrogen) atoms. The number of nitrogens with zero attached hydrogens (tertiary/aromatic N) is 3. The fourth-order valence-electron chi connectivity index (χ4n) is 2.08. The summed E-state index contributed by atoms with van der Waals surface area (Å²) >= 11 is 0. The molecular weight excluding hydrogens is 292 g/mol. The van der Waals surface area contributed by atoms with E-state index in [9.17, 15) is 8.42 Å². The van der Waals surface area contributed by atoms with Gasteiger partial charge in [0.15, 0.2) is 10.8 Å². The Labute approximate surface area is 124 Å². The monoisotopic (exact) mass is 312 g/mol.